The van der Waals surface area contributed by atoms with Crippen molar-refractivity contribution in [3.63, 3.8) is 0 Å². The summed E-state index contributed by atoms with van der Waals surface area (Å²) in [7, 11) is 0. The average molecular weight is 391 g/mol. The number of carbonyl (C=O) groups is 3. The third-order valence-electron chi connectivity index (χ3n) is 4.14. The van der Waals surface area contributed by atoms with Gasteiger partial charge in [-0.15, -0.1) is 11.3 Å². The van der Waals surface area contributed by atoms with Crippen molar-refractivity contribution >= 4 is 34.2 Å². The third-order valence-corrected chi connectivity index (χ3v) is 5.28. The van der Waals surface area contributed by atoms with Crippen LogP contribution < -0.4 is 11.1 Å². The van der Waals surface area contributed by atoms with Crippen LogP contribution in [0.2, 0.25) is 0 Å². The minimum atomic E-state index is -0.661. The highest BCUT2D eigenvalue weighted by Gasteiger charge is 2.30. The van der Waals surface area contributed by atoms with Gasteiger partial charge in [-0.1, -0.05) is 6.07 Å². The molecule has 3 rings (SSSR count). The van der Waals surface area contributed by atoms with Crippen molar-refractivity contribution in [2.75, 3.05) is 18.5 Å². The second-order valence-electron chi connectivity index (χ2n) is 5.91. The molecule has 9 heteroatoms. The van der Waals surface area contributed by atoms with Crippen LogP contribution in [0.15, 0.2) is 24.3 Å². The van der Waals surface area contributed by atoms with Gasteiger partial charge in [-0.2, -0.15) is 0 Å². The number of fused-ring (bicyclic) bond motifs is 1. The molecule has 3 N–H and O–H groups in total. The van der Waals surface area contributed by atoms with E-state index in [4.69, 9.17) is 10.5 Å². The standard InChI is InChI=1S/C18H18FN3O4S/c1-2-26-18(25)22-7-6-12-13(9-22)27-17(14(12)15(20)23)21-16(24)10-4-3-5-11(19)8-10/h3-5,8H,2,6-7,9H2,1H3,(H2,20,23)(H,21,24). The summed E-state index contributed by atoms with van der Waals surface area (Å²) in [4.78, 5) is 38.6. The molecular weight excluding hydrogens is 373 g/mol. The van der Waals surface area contributed by atoms with Gasteiger partial charge >= 0.3 is 6.09 Å². The van der Waals surface area contributed by atoms with Crippen molar-refractivity contribution in [2.45, 2.75) is 19.9 Å². The Balaban J connectivity index is 1.88. The van der Waals surface area contributed by atoms with Crippen molar-refractivity contribution in [2.24, 2.45) is 5.73 Å². The Bertz CT molecular complexity index is 912. The molecule has 1 aromatic carbocycles. The van der Waals surface area contributed by atoms with Gasteiger partial charge in [-0.25, -0.2) is 9.18 Å². The van der Waals surface area contributed by atoms with E-state index in [1.165, 1.54) is 34.4 Å². The highest BCUT2D eigenvalue weighted by atomic mass is 32.1. The summed E-state index contributed by atoms with van der Waals surface area (Å²) in [6.45, 7) is 2.66. The van der Waals surface area contributed by atoms with Crippen molar-refractivity contribution in [3.8, 4) is 0 Å². The summed E-state index contributed by atoms with van der Waals surface area (Å²) >= 11 is 1.18. The molecule has 0 saturated carbocycles. The lowest BCUT2D eigenvalue weighted by molar-refractivity contribution is 0.0997. The number of carbonyl (C=O) groups excluding carboxylic acids is 3. The second-order valence-corrected chi connectivity index (χ2v) is 7.01. The highest BCUT2D eigenvalue weighted by Crippen LogP contribution is 2.37. The van der Waals surface area contributed by atoms with Gasteiger partial charge in [0.2, 0.25) is 0 Å². The van der Waals surface area contributed by atoms with Gasteiger partial charge < -0.3 is 20.7 Å². The molecule has 3 amide bonds. The van der Waals surface area contributed by atoms with Crippen molar-refractivity contribution in [1.29, 1.82) is 0 Å². The van der Waals surface area contributed by atoms with Crippen LogP contribution >= 0.6 is 11.3 Å². The molecule has 0 bridgehead atoms. The maximum Gasteiger partial charge on any atom is 0.410 e. The summed E-state index contributed by atoms with van der Waals surface area (Å²) in [6.07, 6.45) is 0.00110. The van der Waals surface area contributed by atoms with Crippen LogP contribution in [0.5, 0.6) is 0 Å². The largest absolute Gasteiger partial charge is 0.450 e. The molecular formula is C18H18FN3O4S. The molecule has 0 atom stereocenters. The minimum absolute atomic E-state index is 0.130. The number of hydrogen-bond donors (Lipinski definition) is 2. The molecule has 142 valence electrons. The molecule has 0 fully saturated rings. The number of ether oxygens (including phenoxy) is 1. The van der Waals surface area contributed by atoms with E-state index in [0.717, 1.165) is 16.5 Å². The lowest BCUT2D eigenvalue weighted by atomic mass is 10.0. The van der Waals surface area contributed by atoms with Crippen molar-refractivity contribution in [3.05, 3.63) is 51.7 Å². The zero-order valence-electron chi connectivity index (χ0n) is 14.6. The van der Waals surface area contributed by atoms with Crippen molar-refractivity contribution < 1.29 is 23.5 Å². The number of nitrogens with zero attached hydrogens (tertiary/aromatic N) is 1. The molecule has 0 radical (unpaired) electrons. The molecule has 7 nitrogen and oxygen atoms in total. The van der Waals surface area contributed by atoms with Gasteiger partial charge in [-0.05, 0) is 37.1 Å². The fourth-order valence-corrected chi connectivity index (χ4v) is 4.19. The fraction of sp³-hybridized carbons (Fsp3) is 0.278. The highest BCUT2D eigenvalue weighted by molar-refractivity contribution is 7.17. The smallest absolute Gasteiger partial charge is 0.410 e. The lowest BCUT2D eigenvalue weighted by Gasteiger charge is -2.26. The van der Waals surface area contributed by atoms with Crippen LogP contribution in [0.4, 0.5) is 14.2 Å². The Morgan fingerprint density at radius 3 is 2.81 bits per heavy atom. The third kappa shape index (κ3) is 3.92. The Hall–Kier alpha value is -2.94. The number of thiophene rings is 1. The number of primary amides is 1. The second kappa shape index (κ2) is 7.75. The maximum atomic E-state index is 13.3. The minimum Gasteiger partial charge on any atom is -0.450 e. The van der Waals surface area contributed by atoms with Gasteiger partial charge in [0.1, 0.15) is 10.8 Å². The van der Waals surface area contributed by atoms with Crippen LogP contribution in [0, 0.1) is 5.82 Å². The monoisotopic (exact) mass is 391 g/mol. The van der Waals surface area contributed by atoms with Crippen LogP contribution in [-0.2, 0) is 17.7 Å². The molecule has 2 heterocycles. The lowest BCUT2D eigenvalue weighted by Crippen LogP contribution is -2.36. The number of nitrogens with one attached hydrogen (secondary N) is 1. The average Bonchev–Trinajstić information content (AvgIpc) is 2.98. The van der Waals surface area contributed by atoms with E-state index >= 15 is 0 Å². The Labute approximate surface area is 158 Å². The van der Waals surface area contributed by atoms with E-state index in [-0.39, 0.29) is 24.3 Å². The van der Waals surface area contributed by atoms with Crippen LogP contribution in [0.3, 0.4) is 0 Å². The molecule has 1 aromatic heterocycles. The number of benzene rings is 1. The summed E-state index contributed by atoms with van der Waals surface area (Å²) in [5.74, 6) is -1.74. The summed E-state index contributed by atoms with van der Waals surface area (Å²) in [6, 6.07) is 5.24. The molecule has 27 heavy (non-hydrogen) atoms. The number of nitrogens with two attached hydrogens (primary N) is 1. The summed E-state index contributed by atoms with van der Waals surface area (Å²) in [5, 5.41) is 2.94. The van der Waals surface area contributed by atoms with Gasteiger partial charge in [0.25, 0.3) is 11.8 Å². The maximum absolute atomic E-state index is 13.3. The first-order valence-electron chi connectivity index (χ1n) is 8.33. The number of hydrogen-bond acceptors (Lipinski definition) is 5. The molecule has 1 aliphatic heterocycles. The molecule has 0 saturated heterocycles. The van der Waals surface area contributed by atoms with E-state index in [1.54, 1.807) is 6.92 Å². The number of halogens is 1. The van der Waals surface area contributed by atoms with E-state index in [1.807, 2.05) is 0 Å². The molecule has 0 unspecified atom stereocenters. The normalized spacial score (nSPS) is 13.0. The number of amides is 3. The first-order chi connectivity index (χ1) is 12.9. The quantitative estimate of drug-likeness (QED) is 0.837. The van der Waals surface area contributed by atoms with Crippen molar-refractivity contribution in [1.82, 2.24) is 4.90 Å². The fourth-order valence-electron chi connectivity index (χ4n) is 2.93. The summed E-state index contributed by atoms with van der Waals surface area (Å²) in [5.41, 5.74) is 6.61. The Morgan fingerprint density at radius 1 is 1.37 bits per heavy atom. The topological polar surface area (TPSA) is 102 Å². The van der Waals surface area contributed by atoms with Gasteiger partial charge in [0.05, 0.1) is 18.7 Å². The molecule has 0 aliphatic carbocycles. The van der Waals surface area contributed by atoms with E-state index < -0.39 is 23.7 Å². The molecule has 2 aromatic rings. The zero-order chi connectivity index (χ0) is 19.6. The summed E-state index contributed by atoms with van der Waals surface area (Å²) < 4.78 is 18.3. The number of rotatable bonds is 4. The molecule has 1 aliphatic rings. The zero-order valence-corrected chi connectivity index (χ0v) is 15.4. The van der Waals surface area contributed by atoms with E-state index in [2.05, 4.69) is 5.32 Å². The first-order valence-corrected chi connectivity index (χ1v) is 9.15. The first kappa shape index (κ1) is 18.8. The van der Waals surface area contributed by atoms with E-state index in [0.29, 0.717) is 18.0 Å². The predicted octanol–water partition coefficient (Wildman–Crippen LogP) is 2.75. The van der Waals surface area contributed by atoms with Crippen LogP contribution in [0.25, 0.3) is 0 Å². The van der Waals surface area contributed by atoms with Gasteiger partial charge in [-0.3, -0.25) is 9.59 Å². The van der Waals surface area contributed by atoms with Crippen LogP contribution in [0.1, 0.15) is 38.1 Å². The van der Waals surface area contributed by atoms with E-state index in [9.17, 15) is 18.8 Å². The molecule has 0 spiro atoms. The number of anilines is 1. The SMILES string of the molecule is CCOC(=O)N1CCc2c(sc(NC(=O)c3cccc(F)c3)c2C(N)=O)C1. The Kier molecular flexibility index (Phi) is 5.41. The Morgan fingerprint density at radius 2 is 2.15 bits per heavy atom. The predicted molar refractivity (Wildman–Crippen MR) is 98.3 cm³/mol. The van der Waals surface area contributed by atoms with Gasteiger partial charge in [0.15, 0.2) is 0 Å². The van der Waals surface area contributed by atoms with Crippen LogP contribution in [-0.4, -0.2) is 36.0 Å². The van der Waals surface area contributed by atoms with Gasteiger partial charge in [0, 0.05) is 17.0 Å².